The molecule has 0 bridgehead atoms. The third-order valence-electron chi connectivity index (χ3n) is 5.75. The number of halogens is 2. The number of aromatic nitrogens is 2. The van der Waals surface area contributed by atoms with Gasteiger partial charge in [0.2, 0.25) is 16.0 Å². The molecule has 0 spiro atoms. The molecule has 1 aliphatic carbocycles. The van der Waals surface area contributed by atoms with E-state index in [0.29, 0.717) is 5.02 Å². The standard InChI is InChI=1S/C17H24N4.C7H7Cl2NO2S/c1-21(2)16-14-10-6-7-11-15(14)19-17(20-16)18-12-13-8-4-3-5-9-13;1-10-13(11,12)5-2-3-6(8)7(9)4-5/h6-7,10-11,13H,3-5,8-9,12H2,1-2H3,(H,18,19,20);2-4,10H,1H3. The van der Waals surface area contributed by atoms with Gasteiger partial charge in [-0.1, -0.05) is 54.6 Å². The predicted molar refractivity (Wildman–Crippen MR) is 142 cm³/mol. The Kier molecular flexibility index (Phi) is 9.36. The van der Waals surface area contributed by atoms with Crippen molar-refractivity contribution in [1.29, 1.82) is 0 Å². The Morgan fingerprint density at radius 1 is 1.00 bits per heavy atom. The molecule has 7 nitrogen and oxygen atoms in total. The SMILES string of the molecule is CN(C)c1nc(NCC2CCCCC2)nc2ccccc12.CNS(=O)(=O)c1ccc(Cl)c(Cl)c1. The molecule has 0 unspecified atom stereocenters. The lowest BCUT2D eigenvalue weighted by atomic mass is 9.89. The maximum absolute atomic E-state index is 11.3. The van der Waals surface area contributed by atoms with Crippen molar-refractivity contribution in [3.05, 3.63) is 52.5 Å². The van der Waals surface area contributed by atoms with Crippen molar-refractivity contribution < 1.29 is 8.42 Å². The number of hydrogen-bond acceptors (Lipinski definition) is 6. The molecule has 3 aromatic rings. The summed E-state index contributed by atoms with van der Waals surface area (Å²) in [6.45, 7) is 0.991. The second-order valence-electron chi connectivity index (χ2n) is 8.45. The second-order valence-corrected chi connectivity index (χ2v) is 11.2. The number of anilines is 2. The van der Waals surface area contributed by atoms with Gasteiger partial charge in [0.25, 0.3) is 0 Å². The number of rotatable bonds is 6. The molecule has 184 valence electrons. The van der Waals surface area contributed by atoms with Crippen LogP contribution in [0.4, 0.5) is 11.8 Å². The number of fused-ring (bicyclic) bond motifs is 1. The summed E-state index contributed by atoms with van der Waals surface area (Å²) in [4.78, 5) is 11.5. The second kappa shape index (κ2) is 12.0. The molecular formula is C24H31Cl2N5O2S. The molecule has 34 heavy (non-hydrogen) atoms. The van der Waals surface area contributed by atoms with E-state index in [1.54, 1.807) is 0 Å². The maximum Gasteiger partial charge on any atom is 0.240 e. The molecule has 1 aliphatic rings. The minimum absolute atomic E-state index is 0.101. The number of benzene rings is 2. The fourth-order valence-corrected chi connectivity index (χ4v) is 4.99. The van der Waals surface area contributed by atoms with E-state index in [1.165, 1.54) is 57.4 Å². The van der Waals surface area contributed by atoms with E-state index >= 15 is 0 Å². The molecule has 2 N–H and O–H groups in total. The number of hydrogen-bond donors (Lipinski definition) is 2. The van der Waals surface area contributed by atoms with Gasteiger partial charge in [-0.25, -0.2) is 18.1 Å². The Labute approximate surface area is 211 Å². The summed E-state index contributed by atoms with van der Waals surface area (Å²) in [6.07, 6.45) is 6.80. The number of nitrogens with zero attached hydrogens (tertiary/aromatic N) is 3. The zero-order valence-electron chi connectivity index (χ0n) is 19.7. The molecule has 0 amide bonds. The Morgan fingerprint density at radius 2 is 1.71 bits per heavy atom. The van der Waals surface area contributed by atoms with Crippen molar-refractivity contribution >= 4 is 55.9 Å². The summed E-state index contributed by atoms with van der Waals surface area (Å²) in [5.41, 5.74) is 1.00. The predicted octanol–water partition coefficient (Wildman–Crippen LogP) is 5.59. The number of nitrogens with one attached hydrogen (secondary N) is 2. The Hall–Kier alpha value is -2.13. The first kappa shape index (κ1) is 26.5. The highest BCUT2D eigenvalue weighted by molar-refractivity contribution is 7.89. The molecule has 10 heteroatoms. The van der Waals surface area contributed by atoms with Gasteiger partial charge in [-0.05, 0) is 56.1 Å². The van der Waals surface area contributed by atoms with E-state index < -0.39 is 10.0 Å². The fraction of sp³-hybridized carbons (Fsp3) is 0.417. The van der Waals surface area contributed by atoms with E-state index in [-0.39, 0.29) is 9.92 Å². The summed E-state index contributed by atoms with van der Waals surface area (Å²) in [5.74, 6) is 2.51. The van der Waals surface area contributed by atoms with Crippen LogP contribution >= 0.6 is 23.2 Å². The summed E-state index contributed by atoms with van der Waals surface area (Å²) >= 11 is 11.3. The molecule has 0 aliphatic heterocycles. The lowest BCUT2D eigenvalue weighted by molar-refractivity contribution is 0.373. The van der Waals surface area contributed by atoms with E-state index in [2.05, 4.69) is 37.0 Å². The van der Waals surface area contributed by atoms with Crippen molar-refractivity contribution in [2.24, 2.45) is 5.92 Å². The van der Waals surface area contributed by atoms with Crippen LogP contribution in [0.1, 0.15) is 32.1 Å². The molecule has 4 rings (SSSR count). The molecule has 0 saturated heterocycles. The topological polar surface area (TPSA) is 87.2 Å². The summed E-state index contributed by atoms with van der Waals surface area (Å²) < 4.78 is 24.7. The van der Waals surface area contributed by atoms with Crippen molar-refractivity contribution in [1.82, 2.24) is 14.7 Å². The minimum Gasteiger partial charge on any atom is -0.362 e. The van der Waals surface area contributed by atoms with Gasteiger partial charge in [0.1, 0.15) is 5.82 Å². The van der Waals surface area contributed by atoms with Crippen molar-refractivity contribution in [2.75, 3.05) is 37.9 Å². The third-order valence-corrected chi connectivity index (χ3v) is 7.90. The lowest BCUT2D eigenvalue weighted by Gasteiger charge is -2.22. The van der Waals surface area contributed by atoms with Gasteiger partial charge in [-0.15, -0.1) is 0 Å². The average molecular weight is 525 g/mol. The summed E-state index contributed by atoms with van der Waals surface area (Å²) in [5, 5.41) is 5.11. The molecule has 1 heterocycles. The van der Waals surface area contributed by atoms with Gasteiger partial charge in [-0.2, -0.15) is 4.98 Å². The number of para-hydroxylation sites is 1. The Morgan fingerprint density at radius 3 is 2.35 bits per heavy atom. The van der Waals surface area contributed by atoms with E-state index in [9.17, 15) is 8.42 Å². The van der Waals surface area contributed by atoms with Crippen LogP contribution in [0, 0.1) is 5.92 Å². The van der Waals surface area contributed by atoms with E-state index in [4.69, 9.17) is 23.2 Å². The Bertz CT molecular complexity index is 1220. The molecule has 2 aromatic carbocycles. The zero-order chi connectivity index (χ0) is 24.7. The first-order valence-electron chi connectivity index (χ1n) is 11.3. The van der Waals surface area contributed by atoms with Gasteiger partial charge in [-0.3, -0.25) is 0 Å². The van der Waals surface area contributed by atoms with Crippen LogP contribution in [0.25, 0.3) is 10.9 Å². The van der Waals surface area contributed by atoms with Crippen molar-refractivity contribution in [3.63, 3.8) is 0 Å². The molecule has 0 atom stereocenters. The van der Waals surface area contributed by atoms with Crippen molar-refractivity contribution in [3.8, 4) is 0 Å². The van der Waals surface area contributed by atoms with E-state index in [1.807, 2.05) is 26.2 Å². The maximum atomic E-state index is 11.3. The lowest BCUT2D eigenvalue weighted by Crippen LogP contribution is -2.19. The number of sulfonamides is 1. The van der Waals surface area contributed by atoms with E-state index in [0.717, 1.165) is 35.1 Å². The van der Waals surface area contributed by atoms with Crippen LogP contribution in [-0.2, 0) is 10.0 Å². The molecule has 1 saturated carbocycles. The van der Waals surface area contributed by atoms with Crippen LogP contribution in [0.5, 0.6) is 0 Å². The van der Waals surface area contributed by atoms with Crippen LogP contribution in [0.3, 0.4) is 0 Å². The van der Waals surface area contributed by atoms with Gasteiger partial charge in [0, 0.05) is 26.0 Å². The average Bonchev–Trinajstić information content (AvgIpc) is 2.84. The monoisotopic (exact) mass is 523 g/mol. The van der Waals surface area contributed by atoms with Crippen LogP contribution in [-0.4, -0.2) is 46.1 Å². The van der Waals surface area contributed by atoms with Gasteiger partial charge >= 0.3 is 0 Å². The highest BCUT2D eigenvalue weighted by atomic mass is 35.5. The van der Waals surface area contributed by atoms with Gasteiger partial charge in [0.15, 0.2) is 0 Å². The first-order valence-corrected chi connectivity index (χ1v) is 13.5. The minimum atomic E-state index is -3.43. The van der Waals surface area contributed by atoms with Crippen molar-refractivity contribution in [2.45, 2.75) is 37.0 Å². The quantitative estimate of drug-likeness (QED) is 0.437. The summed E-state index contributed by atoms with van der Waals surface area (Å²) in [7, 11) is 1.96. The van der Waals surface area contributed by atoms with Crippen LogP contribution in [0.15, 0.2) is 47.4 Å². The zero-order valence-corrected chi connectivity index (χ0v) is 22.0. The molecule has 1 fully saturated rings. The Balaban J connectivity index is 0.000000215. The van der Waals surface area contributed by atoms with Gasteiger partial charge < -0.3 is 10.2 Å². The smallest absolute Gasteiger partial charge is 0.240 e. The first-order chi connectivity index (χ1) is 16.2. The fourth-order valence-electron chi connectivity index (χ4n) is 3.87. The third kappa shape index (κ3) is 6.95. The molecule has 0 radical (unpaired) electrons. The largest absolute Gasteiger partial charge is 0.362 e. The summed E-state index contributed by atoms with van der Waals surface area (Å²) in [6, 6.07) is 12.3. The van der Waals surface area contributed by atoms with Crippen LogP contribution in [0.2, 0.25) is 10.0 Å². The van der Waals surface area contributed by atoms with Crippen LogP contribution < -0.4 is 14.9 Å². The highest BCUT2D eigenvalue weighted by Crippen LogP contribution is 2.26. The molecular weight excluding hydrogens is 493 g/mol. The normalized spacial score (nSPS) is 14.4. The highest BCUT2D eigenvalue weighted by Gasteiger charge is 2.15. The van der Waals surface area contributed by atoms with Gasteiger partial charge in [0.05, 0.1) is 20.5 Å². The molecule has 1 aromatic heterocycles.